The van der Waals surface area contributed by atoms with Gasteiger partial charge in [-0.15, -0.1) is 0 Å². The average Bonchev–Trinajstić information content (AvgIpc) is 2.64. The highest BCUT2D eigenvalue weighted by Crippen LogP contribution is 2.23. The van der Waals surface area contributed by atoms with Crippen molar-refractivity contribution in [2.75, 3.05) is 6.54 Å². The lowest BCUT2D eigenvalue weighted by Crippen LogP contribution is -2.48. The molecule has 0 fully saturated rings. The summed E-state index contributed by atoms with van der Waals surface area (Å²) in [5.41, 5.74) is 2.75. The molecule has 2 rings (SSSR count). The number of benzene rings is 2. The first-order valence-electron chi connectivity index (χ1n) is 9.74. The van der Waals surface area contributed by atoms with Gasteiger partial charge in [-0.3, -0.25) is 9.59 Å². The lowest BCUT2D eigenvalue weighted by molar-refractivity contribution is -0.140. The maximum atomic E-state index is 13.2. The van der Waals surface area contributed by atoms with Crippen molar-refractivity contribution in [3.8, 4) is 0 Å². The summed E-state index contributed by atoms with van der Waals surface area (Å²) in [5, 5.41) is 3.91. The highest BCUT2D eigenvalue weighted by molar-refractivity contribution is 6.35. The Hall–Kier alpha value is -2.04. The molecule has 0 radical (unpaired) electrons. The fourth-order valence-electron chi connectivity index (χ4n) is 2.97. The lowest BCUT2D eigenvalue weighted by atomic mass is 10.1. The van der Waals surface area contributed by atoms with Crippen LogP contribution in [-0.2, 0) is 22.6 Å². The zero-order valence-electron chi connectivity index (χ0n) is 17.3. The van der Waals surface area contributed by atoms with Crippen LogP contribution < -0.4 is 5.32 Å². The monoisotopic (exact) mass is 434 g/mol. The van der Waals surface area contributed by atoms with E-state index in [1.165, 1.54) is 0 Å². The minimum absolute atomic E-state index is 0.131. The molecule has 0 aromatic heterocycles. The van der Waals surface area contributed by atoms with Gasteiger partial charge in [0.05, 0.1) is 6.42 Å². The van der Waals surface area contributed by atoms with Crippen molar-refractivity contribution in [1.82, 2.24) is 10.2 Å². The van der Waals surface area contributed by atoms with Gasteiger partial charge in [0.15, 0.2) is 0 Å². The zero-order valence-corrected chi connectivity index (χ0v) is 18.8. The van der Waals surface area contributed by atoms with E-state index in [0.29, 0.717) is 22.5 Å². The minimum Gasteiger partial charge on any atom is -0.354 e. The zero-order chi connectivity index (χ0) is 21.6. The minimum atomic E-state index is -0.627. The Morgan fingerprint density at radius 3 is 2.41 bits per heavy atom. The van der Waals surface area contributed by atoms with Gasteiger partial charge in [-0.2, -0.15) is 0 Å². The quantitative estimate of drug-likeness (QED) is 0.632. The SMILES string of the molecule is Cc1cccc(CC(=O)N(Cc2ccc(Cl)cc2Cl)[C@@H](C)C(=O)NCC(C)C)c1. The summed E-state index contributed by atoms with van der Waals surface area (Å²) in [6.07, 6.45) is 0.217. The van der Waals surface area contributed by atoms with Gasteiger partial charge in [0.2, 0.25) is 11.8 Å². The van der Waals surface area contributed by atoms with Crippen LogP contribution >= 0.6 is 23.2 Å². The van der Waals surface area contributed by atoms with Gasteiger partial charge in [-0.05, 0) is 43.0 Å². The summed E-state index contributed by atoms with van der Waals surface area (Å²) in [6, 6.07) is 12.4. The molecule has 0 spiro atoms. The normalized spacial score (nSPS) is 12.0. The molecule has 4 nitrogen and oxygen atoms in total. The van der Waals surface area contributed by atoms with Crippen molar-refractivity contribution in [2.24, 2.45) is 5.92 Å². The number of nitrogens with one attached hydrogen (secondary N) is 1. The van der Waals surface area contributed by atoms with E-state index in [1.807, 2.05) is 45.0 Å². The fourth-order valence-corrected chi connectivity index (χ4v) is 3.44. The van der Waals surface area contributed by atoms with Crippen LogP contribution in [0.25, 0.3) is 0 Å². The molecule has 0 aliphatic rings. The molecule has 29 heavy (non-hydrogen) atoms. The van der Waals surface area contributed by atoms with E-state index >= 15 is 0 Å². The Bertz CT molecular complexity index is 868. The molecule has 1 atom stereocenters. The van der Waals surface area contributed by atoms with Crippen LogP contribution in [-0.4, -0.2) is 29.3 Å². The van der Waals surface area contributed by atoms with Crippen LogP contribution in [0.4, 0.5) is 0 Å². The maximum Gasteiger partial charge on any atom is 0.242 e. The van der Waals surface area contributed by atoms with Crippen LogP contribution in [0, 0.1) is 12.8 Å². The van der Waals surface area contributed by atoms with Gasteiger partial charge < -0.3 is 10.2 Å². The molecule has 0 heterocycles. The number of hydrogen-bond donors (Lipinski definition) is 1. The third kappa shape index (κ3) is 7.06. The van der Waals surface area contributed by atoms with E-state index in [2.05, 4.69) is 5.32 Å². The van der Waals surface area contributed by atoms with Gasteiger partial charge in [-0.1, -0.05) is 72.9 Å². The molecule has 0 unspecified atom stereocenters. The third-order valence-electron chi connectivity index (χ3n) is 4.65. The highest BCUT2D eigenvalue weighted by atomic mass is 35.5. The summed E-state index contributed by atoms with van der Waals surface area (Å²) in [7, 11) is 0. The summed E-state index contributed by atoms with van der Waals surface area (Å²) in [4.78, 5) is 27.4. The van der Waals surface area contributed by atoms with Crippen LogP contribution in [0.5, 0.6) is 0 Å². The molecule has 1 N–H and O–H groups in total. The van der Waals surface area contributed by atoms with Crippen LogP contribution in [0.15, 0.2) is 42.5 Å². The Labute approximate surface area is 183 Å². The number of carbonyl (C=O) groups is 2. The van der Waals surface area contributed by atoms with E-state index in [9.17, 15) is 9.59 Å². The van der Waals surface area contributed by atoms with Crippen molar-refractivity contribution < 1.29 is 9.59 Å². The summed E-state index contributed by atoms with van der Waals surface area (Å²) >= 11 is 12.3. The van der Waals surface area contributed by atoms with E-state index in [0.717, 1.165) is 16.7 Å². The number of carbonyl (C=O) groups excluding carboxylic acids is 2. The molecule has 2 aromatic rings. The van der Waals surface area contributed by atoms with Crippen LogP contribution in [0.1, 0.15) is 37.5 Å². The molecule has 2 amide bonds. The van der Waals surface area contributed by atoms with E-state index < -0.39 is 6.04 Å². The number of halogens is 2. The molecular formula is C23H28Cl2N2O2. The van der Waals surface area contributed by atoms with Gasteiger partial charge in [0.1, 0.15) is 6.04 Å². The summed E-state index contributed by atoms with van der Waals surface area (Å²) in [6.45, 7) is 8.58. The van der Waals surface area contributed by atoms with Crippen molar-refractivity contribution in [1.29, 1.82) is 0 Å². The van der Waals surface area contributed by atoms with Crippen molar-refractivity contribution in [2.45, 2.75) is 46.7 Å². The third-order valence-corrected chi connectivity index (χ3v) is 5.23. The molecule has 156 valence electrons. The molecule has 0 aliphatic heterocycles. The summed E-state index contributed by atoms with van der Waals surface area (Å²) in [5.74, 6) is 0.0171. The van der Waals surface area contributed by atoms with Gasteiger partial charge in [0, 0.05) is 23.1 Å². The number of hydrogen-bond acceptors (Lipinski definition) is 2. The van der Waals surface area contributed by atoms with Gasteiger partial charge >= 0.3 is 0 Å². The standard InChI is InChI=1S/C23H28Cl2N2O2/c1-15(2)13-26-23(29)17(4)27(14-19-8-9-20(24)12-21(19)25)22(28)11-18-7-5-6-16(3)10-18/h5-10,12,15,17H,11,13-14H2,1-4H3,(H,26,29)/t17-/m0/s1. The number of rotatable bonds is 8. The predicted molar refractivity (Wildman–Crippen MR) is 119 cm³/mol. The first kappa shape index (κ1) is 23.2. The molecule has 0 saturated carbocycles. The second kappa shape index (κ2) is 10.7. The van der Waals surface area contributed by atoms with Crippen molar-refractivity contribution >= 4 is 35.0 Å². The molecule has 0 saturated heterocycles. The van der Waals surface area contributed by atoms with Crippen molar-refractivity contribution in [3.05, 3.63) is 69.2 Å². The molecule has 2 aromatic carbocycles. The largest absolute Gasteiger partial charge is 0.354 e. The molecule has 0 bridgehead atoms. The second-order valence-corrected chi connectivity index (χ2v) is 8.58. The Morgan fingerprint density at radius 1 is 1.07 bits per heavy atom. The number of nitrogens with zero attached hydrogens (tertiary/aromatic N) is 1. The van der Waals surface area contributed by atoms with Crippen molar-refractivity contribution in [3.63, 3.8) is 0 Å². The van der Waals surface area contributed by atoms with E-state index in [1.54, 1.807) is 30.0 Å². The van der Waals surface area contributed by atoms with Gasteiger partial charge in [-0.25, -0.2) is 0 Å². The molecule has 0 aliphatic carbocycles. The van der Waals surface area contributed by atoms with E-state index in [-0.39, 0.29) is 24.8 Å². The molecular weight excluding hydrogens is 407 g/mol. The average molecular weight is 435 g/mol. The number of aryl methyl sites for hydroxylation is 1. The first-order chi connectivity index (χ1) is 13.7. The van der Waals surface area contributed by atoms with Gasteiger partial charge in [0.25, 0.3) is 0 Å². The Balaban J connectivity index is 2.25. The van der Waals surface area contributed by atoms with Crippen LogP contribution in [0.3, 0.4) is 0 Å². The highest BCUT2D eigenvalue weighted by Gasteiger charge is 2.26. The second-order valence-electron chi connectivity index (χ2n) is 7.74. The number of amides is 2. The lowest BCUT2D eigenvalue weighted by Gasteiger charge is -2.29. The summed E-state index contributed by atoms with van der Waals surface area (Å²) < 4.78 is 0. The fraction of sp³-hybridized carbons (Fsp3) is 0.391. The Morgan fingerprint density at radius 2 is 1.79 bits per heavy atom. The maximum absolute atomic E-state index is 13.2. The van der Waals surface area contributed by atoms with E-state index in [4.69, 9.17) is 23.2 Å². The topological polar surface area (TPSA) is 49.4 Å². The van der Waals surface area contributed by atoms with Crippen LogP contribution in [0.2, 0.25) is 10.0 Å². The predicted octanol–water partition coefficient (Wildman–Crippen LogP) is 5.03. The Kier molecular flexibility index (Phi) is 8.54. The molecule has 6 heteroatoms. The first-order valence-corrected chi connectivity index (χ1v) is 10.5. The smallest absolute Gasteiger partial charge is 0.242 e.